The van der Waals surface area contributed by atoms with Gasteiger partial charge in [-0.05, 0) is 67.3 Å². The molecule has 0 saturated carbocycles. The first kappa shape index (κ1) is 20.3. The molecule has 2 aliphatic rings. The van der Waals surface area contributed by atoms with Crippen molar-refractivity contribution in [1.82, 2.24) is 5.32 Å². The molecule has 8 heteroatoms. The fourth-order valence-electron chi connectivity index (χ4n) is 3.70. The fraction of sp³-hybridized carbons (Fsp3) is 0.227. The topological polar surface area (TPSA) is 69.7 Å². The number of carbonyl (C=O) groups excluding carboxylic acids is 3. The lowest BCUT2D eigenvalue weighted by atomic mass is 10.0. The average Bonchev–Trinajstić information content (AvgIpc) is 3.22. The molecule has 154 valence electrons. The molecule has 0 aromatic heterocycles. The van der Waals surface area contributed by atoms with Crippen molar-refractivity contribution >= 4 is 51.2 Å². The van der Waals surface area contributed by atoms with Crippen molar-refractivity contribution in [3.05, 3.63) is 63.4 Å². The highest BCUT2D eigenvalue weighted by Gasteiger charge is 2.37. The first-order valence-electron chi connectivity index (χ1n) is 9.57. The van der Waals surface area contributed by atoms with Gasteiger partial charge < -0.3 is 4.90 Å². The second-order valence-corrected chi connectivity index (χ2v) is 8.21. The lowest BCUT2D eigenvalue weighted by molar-refractivity contribution is -0.122. The van der Waals surface area contributed by atoms with Crippen LogP contribution in [0.1, 0.15) is 24.0 Å². The maximum atomic E-state index is 14.8. The highest BCUT2D eigenvalue weighted by atomic mass is 79.9. The summed E-state index contributed by atoms with van der Waals surface area (Å²) in [5.41, 5.74) is 1.76. The second-order valence-electron chi connectivity index (χ2n) is 7.29. The van der Waals surface area contributed by atoms with Crippen molar-refractivity contribution in [1.29, 1.82) is 0 Å². The van der Waals surface area contributed by atoms with Gasteiger partial charge in [0.25, 0.3) is 11.8 Å². The smallest absolute Gasteiger partial charge is 0.335 e. The first-order valence-corrected chi connectivity index (χ1v) is 10.4. The minimum Gasteiger partial charge on any atom is -0.369 e. The number of aryl methyl sites for hydroxylation is 1. The summed E-state index contributed by atoms with van der Waals surface area (Å²) in [4.78, 5) is 40.6. The summed E-state index contributed by atoms with van der Waals surface area (Å²) in [5.74, 6) is -1.97. The number of halogens is 2. The molecule has 0 atom stereocenters. The molecule has 2 saturated heterocycles. The van der Waals surface area contributed by atoms with Gasteiger partial charge in [-0.15, -0.1) is 0 Å². The van der Waals surface area contributed by atoms with E-state index in [2.05, 4.69) is 21.2 Å². The largest absolute Gasteiger partial charge is 0.369 e. The number of hydrogen-bond donors (Lipinski definition) is 1. The van der Waals surface area contributed by atoms with Crippen LogP contribution in [0.15, 0.2) is 46.4 Å². The van der Waals surface area contributed by atoms with Crippen molar-refractivity contribution in [3.63, 3.8) is 0 Å². The molecule has 2 heterocycles. The third-order valence-corrected chi connectivity index (χ3v) is 5.74. The monoisotopic (exact) mass is 471 g/mol. The molecule has 0 bridgehead atoms. The van der Waals surface area contributed by atoms with Gasteiger partial charge in [0.15, 0.2) is 0 Å². The van der Waals surface area contributed by atoms with Gasteiger partial charge in [-0.3, -0.25) is 14.9 Å². The highest BCUT2D eigenvalue weighted by Crippen LogP contribution is 2.29. The molecular formula is C22H19BrFN3O3. The number of nitrogens with zero attached hydrogens (tertiary/aromatic N) is 2. The number of imide groups is 2. The Bertz CT molecular complexity index is 1090. The normalized spacial score (nSPS) is 18.4. The van der Waals surface area contributed by atoms with Crippen LogP contribution in [0.3, 0.4) is 0 Å². The van der Waals surface area contributed by atoms with E-state index in [0.717, 1.165) is 36.4 Å². The maximum absolute atomic E-state index is 14.8. The van der Waals surface area contributed by atoms with Gasteiger partial charge in [-0.2, -0.15) is 0 Å². The molecule has 0 spiro atoms. The van der Waals surface area contributed by atoms with E-state index >= 15 is 0 Å². The zero-order valence-corrected chi connectivity index (χ0v) is 17.8. The van der Waals surface area contributed by atoms with E-state index in [1.807, 2.05) is 4.90 Å². The third-order valence-electron chi connectivity index (χ3n) is 5.25. The van der Waals surface area contributed by atoms with E-state index in [-0.39, 0.29) is 5.57 Å². The summed E-state index contributed by atoms with van der Waals surface area (Å²) in [7, 11) is 0. The van der Waals surface area contributed by atoms with Crippen LogP contribution in [0.4, 0.5) is 20.6 Å². The van der Waals surface area contributed by atoms with Crippen molar-refractivity contribution < 1.29 is 18.8 Å². The third kappa shape index (κ3) is 3.75. The molecule has 4 amide bonds. The lowest BCUT2D eigenvalue weighted by Crippen LogP contribution is -2.54. The summed E-state index contributed by atoms with van der Waals surface area (Å²) in [5, 5.41) is 2.18. The standard InChI is InChI=1S/C22H19BrFN3O3/c1-13-9-19(26-7-2-3-8-26)18(24)11-14(13)10-17-20(28)25-22(30)27(21(17)29)16-6-4-5-15(23)12-16/h4-6,9-12H,2-3,7-8H2,1H3,(H,25,28,30)/b17-10+. The number of anilines is 2. The van der Waals surface area contributed by atoms with Crippen molar-refractivity contribution in [3.8, 4) is 0 Å². The van der Waals surface area contributed by atoms with Crippen LogP contribution < -0.4 is 15.1 Å². The summed E-state index contributed by atoms with van der Waals surface area (Å²) in [6.45, 7) is 3.41. The Labute approximate surface area is 181 Å². The van der Waals surface area contributed by atoms with Crippen LogP contribution in [-0.2, 0) is 9.59 Å². The molecule has 6 nitrogen and oxygen atoms in total. The molecule has 2 fully saturated rings. The van der Waals surface area contributed by atoms with E-state index in [1.54, 1.807) is 37.3 Å². The summed E-state index contributed by atoms with van der Waals surface area (Å²) >= 11 is 3.30. The van der Waals surface area contributed by atoms with Gasteiger partial charge in [0.2, 0.25) is 0 Å². The molecule has 0 radical (unpaired) electrons. The van der Waals surface area contributed by atoms with Crippen LogP contribution in [-0.4, -0.2) is 30.9 Å². The Morgan fingerprint density at radius 2 is 1.83 bits per heavy atom. The molecule has 0 aliphatic carbocycles. The molecule has 4 rings (SSSR count). The summed E-state index contributed by atoms with van der Waals surface area (Å²) in [6.07, 6.45) is 3.39. The minimum absolute atomic E-state index is 0.231. The predicted octanol–water partition coefficient (Wildman–Crippen LogP) is 4.16. The Hall–Kier alpha value is -3.00. The summed E-state index contributed by atoms with van der Waals surface area (Å²) < 4.78 is 15.4. The SMILES string of the molecule is Cc1cc(N2CCCC2)c(F)cc1/C=C1\C(=O)NC(=O)N(c2cccc(Br)c2)C1=O. The zero-order valence-electron chi connectivity index (χ0n) is 16.2. The number of urea groups is 1. The molecule has 1 N–H and O–H groups in total. The van der Waals surface area contributed by atoms with Crippen LogP contribution in [0, 0.1) is 12.7 Å². The molecule has 0 unspecified atom stereocenters. The zero-order chi connectivity index (χ0) is 21.4. The first-order chi connectivity index (χ1) is 14.3. The number of amides is 4. The van der Waals surface area contributed by atoms with E-state index in [4.69, 9.17) is 0 Å². The van der Waals surface area contributed by atoms with Crippen LogP contribution >= 0.6 is 15.9 Å². The van der Waals surface area contributed by atoms with Crippen LogP contribution in [0.2, 0.25) is 0 Å². The molecule has 2 aliphatic heterocycles. The van der Waals surface area contributed by atoms with E-state index in [0.29, 0.717) is 21.4 Å². The van der Waals surface area contributed by atoms with Crippen LogP contribution in [0.5, 0.6) is 0 Å². The lowest BCUT2D eigenvalue weighted by Gasteiger charge is -2.26. The number of rotatable bonds is 3. The molecule has 30 heavy (non-hydrogen) atoms. The number of hydrogen-bond acceptors (Lipinski definition) is 4. The van der Waals surface area contributed by atoms with Gasteiger partial charge >= 0.3 is 6.03 Å². The van der Waals surface area contributed by atoms with Crippen molar-refractivity contribution in [2.45, 2.75) is 19.8 Å². The second kappa shape index (κ2) is 8.02. The highest BCUT2D eigenvalue weighted by molar-refractivity contribution is 9.10. The predicted molar refractivity (Wildman–Crippen MR) is 116 cm³/mol. The number of nitrogens with one attached hydrogen (secondary N) is 1. The van der Waals surface area contributed by atoms with Gasteiger partial charge in [0, 0.05) is 17.6 Å². The van der Waals surface area contributed by atoms with Gasteiger partial charge in [-0.1, -0.05) is 22.0 Å². The van der Waals surface area contributed by atoms with E-state index in [1.165, 1.54) is 12.1 Å². The Balaban J connectivity index is 1.71. The minimum atomic E-state index is -0.826. The van der Waals surface area contributed by atoms with E-state index in [9.17, 15) is 18.8 Å². The van der Waals surface area contributed by atoms with Gasteiger partial charge in [0.1, 0.15) is 11.4 Å². The molecule has 2 aromatic rings. The Morgan fingerprint density at radius 1 is 1.10 bits per heavy atom. The Kier molecular flexibility index (Phi) is 5.42. The van der Waals surface area contributed by atoms with Gasteiger partial charge in [-0.25, -0.2) is 14.1 Å². The number of barbiturate groups is 1. The van der Waals surface area contributed by atoms with Crippen LogP contribution in [0.25, 0.3) is 6.08 Å². The molecular weight excluding hydrogens is 453 g/mol. The van der Waals surface area contributed by atoms with Gasteiger partial charge in [0.05, 0.1) is 11.4 Å². The average molecular weight is 472 g/mol. The number of carbonyl (C=O) groups is 3. The maximum Gasteiger partial charge on any atom is 0.335 e. The van der Waals surface area contributed by atoms with Crippen molar-refractivity contribution in [2.75, 3.05) is 22.9 Å². The molecule has 2 aromatic carbocycles. The fourth-order valence-corrected chi connectivity index (χ4v) is 4.09. The Morgan fingerprint density at radius 3 is 2.53 bits per heavy atom. The quantitative estimate of drug-likeness (QED) is 0.538. The summed E-state index contributed by atoms with van der Waals surface area (Å²) in [6, 6.07) is 8.85. The van der Waals surface area contributed by atoms with Crippen molar-refractivity contribution in [2.24, 2.45) is 0 Å². The van der Waals surface area contributed by atoms with E-state index < -0.39 is 23.7 Å². The number of benzene rings is 2.